The molecule has 0 unspecified atom stereocenters. The van der Waals surface area contributed by atoms with E-state index >= 15 is 0 Å². The van der Waals surface area contributed by atoms with E-state index in [0.29, 0.717) is 11.7 Å². The lowest BCUT2D eigenvalue weighted by Crippen LogP contribution is -2.20. The molecule has 0 aliphatic carbocycles. The van der Waals surface area contributed by atoms with Crippen molar-refractivity contribution in [2.75, 3.05) is 5.32 Å². The molecule has 6 heteroatoms. The van der Waals surface area contributed by atoms with Gasteiger partial charge in [0.05, 0.1) is 5.56 Å². The number of nitrogens with one attached hydrogen (secondary N) is 1. The second-order valence-electron chi connectivity index (χ2n) is 7.07. The summed E-state index contributed by atoms with van der Waals surface area (Å²) in [6.45, 7) is 6.14. The average Bonchev–Trinajstić information content (AvgIpc) is 3.31. The van der Waals surface area contributed by atoms with Crippen LogP contribution < -0.4 is 5.32 Å². The van der Waals surface area contributed by atoms with Gasteiger partial charge in [-0.15, -0.1) is 0 Å². The zero-order valence-corrected chi connectivity index (χ0v) is 16.6. The summed E-state index contributed by atoms with van der Waals surface area (Å²) in [4.78, 5) is 17.1. The van der Waals surface area contributed by atoms with E-state index in [1.807, 2.05) is 86.0 Å². The van der Waals surface area contributed by atoms with Crippen LogP contribution in [0.5, 0.6) is 0 Å². The van der Waals surface area contributed by atoms with Gasteiger partial charge in [0.1, 0.15) is 6.54 Å². The van der Waals surface area contributed by atoms with Crippen LogP contribution in [0.15, 0.2) is 65.2 Å². The van der Waals surface area contributed by atoms with E-state index < -0.39 is 0 Å². The van der Waals surface area contributed by atoms with Gasteiger partial charge in [0.2, 0.25) is 11.7 Å². The number of hydrogen-bond donors (Lipinski definition) is 1. The third-order valence-corrected chi connectivity index (χ3v) is 4.90. The Kier molecular flexibility index (Phi) is 4.99. The summed E-state index contributed by atoms with van der Waals surface area (Å²) in [5, 5.41) is 7.03. The van der Waals surface area contributed by atoms with Gasteiger partial charge in [0, 0.05) is 22.6 Å². The third kappa shape index (κ3) is 3.96. The van der Waals surface area contributed by atoms with Crippen LogP contribution in [-0.4, -0.2) is 20.6 Å². The van der Waals surface area contributed by atoms with Gasteiger partial charge in [-0.1, -0.05) is 53.2 Å². The molecule has 0 saturated carbocycles. The zero-order valence-electron chi connectivity index (χ0n) is 16.6. The third-order valence-electron chi connectivity index (χ3n) is 4.90. The molecule has 0 radical (unpaired) electrons. The van der Waals surface area contributed by atoms with Gasteiger partial charge in [0.25, 0.3) is 5.89 Å². The standard InChI is InChI=1S/C23H22N4O2/c1-15-9-11-19(12-10-15)24-21(28)14-27-16(2)13-20(17(27)3)23-25-22(26-29-23)18-7-5-4-6-8-18/h4-13H,14H2,1-3H3,(H,24,28). The van der Waals surface area contributed by atoms with Crippen LogP contribution in [0.25, 0.3) is 22.8 Å². The molecule has 2 aromatic carbocycles. The first kappa shape index (κ1) is 18.7. The Labute approximate surface area is 169 Å². The first-order valence-electron chi connectivity index (χ1n) is 9.44. The number of aromatic nitrogens is 3. The van der Waals surface area contributed by atoms with E-state index in [1.165, 1.54) is 0 Å². The predicted molar refractivity (Wildman–Crippen MR) is 112 cm³/mol. The topological polar surface area (TPSA) is 73.0 Å². The Balaban J connectivity index is 1.54. The highest BCUT2D eigenvalue weighted by molar-refractivity contribution is 5.90. The van der Waals surface area contributed by atoms with Crippen molar-refractivity contribution in [2.45, 2.75) is 27.3 Å². The van der Waals surface area contributed by atoms with Crippen LogP contribution in [-0.2, 0) is 11.3 Å². The number of carbonyl (C=O) groups is 1. The van der Waals surface area contributed by atoms with E-state index in [4.69, 9.17) is 4.52 Å². The van der Waals surface area contributed by atoms with Crippen LogP contribution in [0, 0.1) is 20.8 Å². The maximum Gasteiger partial charge on any atom is 0.260 e. The summed E-state index contributed by atoms with van der Waals surface area (Å²) < 4.78 is 7.44. The minimum atomic E-state index is -0.0855. The zero-order chi connectivity index (χ0) is 20.4. The smallest absolute Gasteiger partial charge is 0.260 e. The summed E-state index contributed by atoms with van der Waals surface area (Å²) in [6.07, 6.45) is 0. The summed E-state index contributed by atoms with van der Waals surface area (Å²) in [5.41, 5.74) is 5.53. The SMILES string of the molecule is Cc1ccc(NC(=O)Cn2c(C)cc(-c3nc(-c4ccccc4)no3)c2C)cc1. The number of hydrogen-bond acceptors (Lipinski definition) is 4. The molecule has 6 nitrogen and oxygen atoms in total. The number of benzene rings is 2. The van der Waals surface area contributed by atoms with E-state index in [1.54, 1.807) is 0 Å². The second kappa shape index (κ2) is 7.75. The Morgan fingerprint density at radius 3 is 2.48 bits per heavy atom. The van der Waals surface area contributed by atoms with Crippen molar-refractivity contribution in [1.29, 1.82) is 0 Å². The van der Waals surface area contributed by atoms with Crippen LogP contribution in [0.2, 0.25) is 0 Å². The van der Waals surface area contributed by atoms with E-state index in [0.717, 1.165) is 33.8 Å². The van der Waals surface area contributed by atoms with Crippen LogP contribution >= 0.6 is 0 Å². The Bertz CT molecular complexity index is 1140. The highest BCUT2D eigenvalue weighted by atomic mass is 16.5. The van der Waals surface area contributed by atoms with Gasteiger partial charge in [-0.05, 0) is 39.0 Å². The molecule has 0 atom stereocenters. The lowest BCUT2D eigenvalue weighted by Gasteiger charge is -2.10. The van der Waals surface area contributed by atoms with Gasteiger partial charge in [-0.25, -0.2) is 0 Å². The first-order chi connectivity index (χ1) is 14.0. The fourth-order valence-electron chi connectivity index (χ4n) is 3.28. The highest BCUT2D eigenvalue weighted by Gasteiger charge is 2.18. The van der Waals surface area contributed by atoms with Crippen molar-refractivity contribution in [1.82, 2.24) is 14.7 Å². The molecule has 0 aliphatic heterocycles. The Morgan fingerprint density at radius 2 is 1.76 bits per heavy atom. The molecule has 2 aromatic heterocycles. The van der Waals surface area contributed by atoms with Gasteiger partial charge in [-0.2, -0.15) is 4.98 Å². The molecular weight excluding hydrogens is 364 g/mol. The molecule has 0 spiro atoms. The molecule has 0 aliphatic rings. The van der Waals surface area contributed by atoms with Gasteiger partial charge >= 0.3 is 0 Å². The quantitative estimate of drug-likeness (QED) is 0.536. The highest BCUT2D eigenvalue weighted by Crippen LogP contribution is 2.27. The van der Waals surface area contributed by atoms with Crippen molar-refractivity contribution in [3.05, 3.63) is 77.6 Å². The molecule has 1 amide bonds. The van der Waals surface area contributed by atoms with Crippen molar-refractivity contribution in [3.8, 4) is 22.8 Å². The Morgan fingerprint density at radius 1 is 1.03 bits per heavy atom. The summed E-state index contributed by atoms with van der Waals surface area (Å²) in [6, 6.07) is 19.4. The van der Waals surface area contributed by atoms with Gasteiger partial charge in [0.15, 0.2) is 0 Å². The number of carbonyl (C=O) groups excluding carboxylic acids is 1. The van der Waals surface area contributed by atoms with E-state index in [9.17, 15) is 4.79 Å². The lowest BCUT2D eigenvalue weighted by molar-refractivity contribution is -0.116. The van der Waals surface area contributed by atoms with E-state index in [-0.39, 0.29) is 12.5 Å². The van der Waals surface area contributed by atoms with Crippen molar-refractivity contribution in [2.24, 2.45) is 0 Å². The maximum atomic E-state index is 12.5. The normalized spacial score (nSPS) is 10.9. The molecule has 4 rings (SSSR count). The lowest BCUT2D eigenvalue weighted by atomic mass is 10.2. The minimum absolute atomic E-state index is 0.0855. The van der Waals surface area contributed by atoms with Crippen LogP contribution in [0.1, 0.15) is 17.0 Å². The monoisotopic (exact) mass is 386 g/mol. The molecule has 1 N–H and O–H groups in total. The van der Waals surface area contributed by atoms with Crippen molar-refractivity contribution in [3.63, 3.8) is 0 Å². The maximum absolute atomic E-state index is 12.5. The number of anilines is 1. The Hall–Kier alpha value is -3.67. The number of aryl methyl sites for hydroxylation is 2. The molecule has 2 heterocycles. The first-order valence-corrected chi connectivity index (χ1v) is 9.44. The fraction of sp³-hybridized carbons (Fsp3) is 0.174. The molecule has 0 bridgehead atoms. The minimum Gasteiger partial charge on any atom is -0.339 e. The molecule has 0 saturated heterocycles. The molecule has 29 heavy (non-hydrogen) atoms. The molecular formula is C23H22N4O2. The molecule has 0 fully saturated rings. The number of amides is 1. The fourth-order valence-corrected chi connectivity index (χ4v) is 3.28. The van der Waals surface area contributed by atoms with Crippen molar-refractivity contribution >= 4 is 11.6 Å². The largest absolute Gasteiger partial charge is 0.339 e. The van der Waals surface area contributed by atoms with Crippen LogP contribution in [0.4, 0.5) is 5.69 Å². The van der Waals surface area contributed by atoms with Gasteiger partial charge < -0.3 is 14.4 Å². The van der Waals surface area contributed by atoms with Crippen LogP contribution in [0.3, 0.4) is 0 Å². The summed E-state index contributed by atoms with van der Waals surface area (Å²) in [5.74, 6) is 0.905. The summed E-state index contributed by atoms with van der Waals surface area (Å²) in [7, 11) is 0. The van der Waals surface area contributed by atoms with E-state index in [2.05, 4.69) is 15.5 Å². The molecule has 146 valence electrons. The predicted octanol–water partition coefficient (Wildman–Crippen LogP) is 4.77. The van der Waals surface area contributed by atoms with Gasteiger partial charge in [-0.3, -0.25) is 4.79 Å². The average molecular weight is 386 g/mol. The number of nitrogens with zero attached hydrogens (tertiary/aromatic N) is 3. The molecule has 4 aromatic rings. The second-order valence-corrected chi connectivity index (χ2v) is 7.07. The van der Waals surface area contributed by atoms with Crippen molar-refractivity contribution < 1.29 is 9.32 Å². The number of rotatable bonds is 5. The summed E-state index contributed by atoms with van der Waals surface area (Å²) >= 11 is 0.